The van der Waals surface area contributed by atoms with Gasteiger partial charge in [-0.3, -0.25) is 0 Å². The van der Waals surface area contributed by atoms with E-state index in [1.807, 2.05) is 4.90 Å². The van der Waals surface area contributed by atoms with Crippen LogP contribution >= 0.6 is 11.3 Å². The van der Waals surface area contributed by atoms with Crippen LogP contribution in [-0.2, 0) is 4.74 Å². The van der Waals surface area contributed by atoms with E-state index < -0.39 is 11.9 Å². The molecule has 3 aromatic heterocycles. The second-order valence-electron chi connectivity index (χ2n) is 5.52. The molecule has 11 heteroatoms. The van der Waals surface area contributed by atoms with Crippen LogP contribution in [0.25, 0.3) is 10.2 Å². The number of halogens is 1. The molecule has 0 aromatic carbocycles. The molecule has 0 saturated carbocycles. The third kappa shape index (κ3) is 3.07. The number of morpholine rings is 1. The van der Waals surface area contributed by atoms with Crippen molar-refractivity contribution in [3.63, 3.8) is 0 Å². The summed E-state index contributed by atoms with van der Waals surface area (Å²) in [4.78, 5) is 18.3. The molecule has 0 bridgehead atoms. The first-order valence-corrected chi connectivity index (χ1v) is 8.51. The summed E-state index contributed by atoms with van der Waals surface area (Å²) in [6.45, 7) is 1.38. The van der Waals surface area contributed by atoms with E-state index in [9.17, 15) is 4.39 Å². The zero-order chi connectivity index (χ0) is 18.1. The highest BCUT2D eigenvalue weighted by Gasteiger charge is 2.24. The lowest BCUT2D eigenvalue weighted by Gasteiger charge is -2.29. The van der Waals surface area contributed by atoms with Crippen molar-refractivity contribution in [3.05, 3.63) is 24.4 Å². The predicted molar refractivity (Wildman–Crippen MR) is 94.7 cm³/mol. The number of pyridine rings is 1. The number of aromatic nitrogens is 4. The molecule has 0 amide bonds. The van der Waals surface area contributed by atoms with Crippen molar-refractivity contribution < 1.29 is 9.13 Å². The molecule has 1 atom stereocenters. The van der Waals surface area contributed by atoms with E-state index in [0.29, 0.717) is 47.0 Å². The Morgan fingerprint density at radius 2 is 2.31 bits per heavy atom. The number of hydrogen-bond donors (Lipinski definition) is 2. The minimum atomic E-state index is -0.527. The number of nitrogens with one attached hydrogen (secondary N) is 1. The number of fused-ring (bicyclic) bond motifs is 1. The summed E-state index contributed by atoms with van der Waals surface area (Å²) in [7, 11) is 0. The second kappa shape index (κ2) is 6.66. The summed E-state index contributed by atoms with van der Waals surface area (Å²) in [5, 5.41) is 12.7. The molecule has 0 spiro atoms. The normalized spacial score (nSPS) is 17.2. The van der Waals surface area contributed by atoms with Crippen LogP contribution in [-0.4, -0.2) is 45.7 Å². The van der Waals surface area contributed by atoms with Crippen LogP contribution in [0, 0.1) is 17.1 Å². The Labute approximate surface area is 151 Å². The van der Waals surface area contributed by atoms with Gasteiger partial charge >= 0.3 is 0 Å². The van der Waals surface area contributed by atoms with Crippen molar-refractivity contribution in [2.75, 3.05) is 35.6 Å². The average molecular weight is 372 g/mol. The Kier molecular flexibility index (Phi) is 4.19. The van der Waals surface area contributed by atoms with E-state index in [0.717, 1.165) is 6.20 Å². The van der Waals surface area contributed by atoms with Gasteiger partial charge in [0, 0.05) is 12.6 Å². The highest BCUT2D eigenvalue weighted by molar-refractivity contribution is 7.22. The topological polar surface area (TPSA) is 126 Å². The molecule has 1 fully saturated rings. The molecular formula is C15H13FN8OS. The molecule has 4 heterocycles. The van der Waals surface area contributed by atoms with Gasteiger partial charge in [0.25, 0.3) is 0 Å². The zero-order valence-electron chi connectivity index (χ0n) is 13.4. The van der Waals surface area contributed by atoms with E-state index in [4.69, 9.17) is 15.7 Å². The van der Waals surface area contributed by atoms with E-state index in [2.05, 4.69) is 31.3 Å². The molecule has 3 aromatic rings. The van der Waals surface area contributed by atoms with Crippen LogP contribution < -0.4 is 16.0 Å². The van der Waals surface area contributed by atoms with Gasteiger partial charge in [-0.15, -0.1) is 0 Å². The van der Waals surface area contributed by atoms with E-state index >= 15 is 0 Å². The lowest BCUT2D eigenvalue weighted by atomic mass is 10.3. The van der Waals surface area contributed by atoms with Crippen molar-refractivity contribution in [1.29, 1.82) is 5.26 Å². The van der Waals surface area contributed by atoms with Crippen molar-refractivity contribution in [1.82, 2.24) is 19.9 Å². The number of ether oxygens (including phenoxy) is 1. The third-order valence-corrected chi connectivity index (χ3v) is 4.90. The summed E-state index contributed by atoms with van der Waals surface area (Å²) in [5.74, 6) is 0.666. The fourth-order valence-electron chi connectivity index (χ4n) is 2.56. The number of nitriles is 1. The first-order chi connectivity index (χ1) is 12.6. The van der Waals surface area contributed by atoms with E-state index in [1.54, 1.807) is 6.07 Å². The quantitative estimate of drug-likeness (QED) is 0.706. The number of rotatable bonds is 3. The fourth-order valence-corrected chi connectivity index (χ4v) is 3.61. The van der Waals surface area contributed by atoms with Crippen molar-refractivity contribution in [2.24, 2.45) is 0 Å². The Morgan fingerprint density at radius 1 is 1.42 bits per heavy atom. The molecule has 26 heavy (non-hydrogen) atoms. The molecule has 1 aliphatic heterocycles. The van der Waals surface area contributed by atoms with Crippen molar-refractivity contribution in [2.45, 2.75) is 6.10 Å². The molecule has 0 aliphatic carbocycles. The van der Waals surface area contributed by atoms with Gasteiger partial charge in [-0.1, -0.05) is 11.3 Å². The minimum Gasteiger partial charge on any atom is -0.384 e. The van der Waals surface area contributed by atoms with Gasteiger partial charge < -0.3 is 20.7 Å². The number of anilines is 4. The maximum Gasteiger partial charge on any atom is 0.186 e. The standard InChI is InChI=1S/C15H13FN8OS/c16-9-5-19-14(22-11-3-10(18)20-7-21-11)13-12(9)23-15(26-13)24-1-2-25-8(4-17)6-24/h3,5,7-8H,1-2,6H2,(H3,18,19,20,21,22)/t8-/m0/s1. The van der Waals surface area contributed by atoms with Crippen LogP contribution in [0.5, 0.6) is 0 Å². The van der Waals surface area contributed by atoms with Crippen LogP contribution in [0.2, 0.25) is 0 Å². The van der Waals surface area contributed by atoms with Gasteiger partial charge in [-0.05, 0) is 0 Å². The van der Waals surface area contributed by atoms with Crippen LogP contribution in [0.3, 0.4) is 0 Å². The number of nitrogens with zero attached hydrogens (tertiary/aromatic N) is 6. The number of thiazole rings is 1. The molecule has 3 N–H and O–H groups in total. The fraction of sp³-hybridized carbons (Fsp3) is 0.267. The number of nitrogens with two attached hydrogens (primary N) is 1. The largest absolute Gasteiger partial charge is 0.384 e. The van der Waals surface area contributed by atoms with E-state index in [-0.39, 0.29) is 5.52 Å². The molecule has 0 unspecified atom stereocenters. The predicted octanol–water partition coefficient (Wildman–Crippen LogP) is 1.67. The summed E-state index contributed by atoms with van der Waals surface area (Å²) in [5.41, 5.74) is 5.86. The molecule has 9 nitrogen and oxygen atoms in total. The molecular weight excluding hydrogens is 359 g/mol. The van der Waals surface area contributed by atoms with E-state index in [1.165, 1.54) is 17.7 Å². The molecule has 0 radical (unpaired) electrons. The van der Waals surface area contributed by atoms with Crippen LogP contribution in [0.4, 0.5) is 27.0 Å². The first-order valence-electron chi connectivity index (χ1n) is 7.70. The maximum atomic E-state index is 14.2. The summed E-state index contributed by atoms with van der Waals surface area (Å²) in [6, 6.07) is 3.64. The smallest absolute Gasteiger partial charge is 0.186 e. The Balaban J connectivity index is 1.70. The second-order valence-corrected chi connectivity index (χ2v) is 6.49. The van der Waals surface area contributed by atoms with Gasteiger partial charge in [-0.2, -0.15) is 5.26 Å². The molecule has 1 aliphatic rings. The highest BCUT2D eigenvalue weighted by atomic mass is 32.1. The van der Waals surface area contributed by atoms with Crippen molar-refractivity contribution >= 4 is 44.1 Å². The van der Waals surface area contributed by atoms with Gasteiger partial charge in [0.05, 0.1) is 25.4 Å². The summed E-state index contributed by atoms with van der Waals surface area (Å²) < 4.78 is 20.1. The Morgan fingerprint density at radius 3 is 3.12 bits per heavy atom. The third-order valence-electron chi connectivity index (χ3n) is 3.78. The average Bonchev–Trinajstić information content (AvgIpc) is 3.11. The van der Waals surface area contributed by atoms with Gasteiger partial charge in [0.15, 0.2) is 22.9 Å². The molecule has 1 saturated heterocycles. The Hall–Kier alpha value is -3.10. The number of hydrogen-bond acceptors (Lipinski definition) is 10. The minimum absolute atomic E-state index is 0.213. The summed E-state index contributed by atoms with van der Waals surface area (Å²) >= 11 is 1.29. The van der Waals surface area contributed by atoms with Gasteiger partial charge in [0.1, 0.15) is 28.2 Å². The lowest BCUT2D eigenvalue weighted by molar-refractivity contribution is 0.0764. The highest BCUT2D eigenvalue weighted by Crippen LogP contribution is 2.35. The van der Waals surface area contributed by atoms with Crippen molar-refractivity contribution in [3.8, 4) is 6.07 Å². The SMILES string of the molecule is N#C[C@H]1CN(c2nc3c(F)cnc(Nc4cc(N)ncn4)c3s2)CCO1. The lowest BCUT2D eigenvalue weighted by Crippen LogP contribution is -2.41. The van der Waals surface area contributed by atoms with Crippen LogP contribution in [0.15, 0.2) is 18.6 Å². The van der Waals surface area contributed by atoms with Gasteiger partial charge in [-0.25, -0.2) is 24.3 Å². The van der Waals surface area contributed by atoms with Gasteiger partial charge in [0.2, 0.25) is 0 Å². The maximum absolute atomic E-state index is 14.2. The summed E-state index contributed by atoms with van der Waals surface area (Å²) in [6.07, 6.45) is 1.91. The molecule has 132 valence electrons. The molecule has 4 rings (SSSR count). The Bertz CT molecular complexity index is 1000. The van der Waals surface area contributed by atoms with Crippen LogP contribution in [0.1, 0.15) is 0 Å². The first kappa shape index (κ1) is 16.4. The monoisotopic (exact) mass is 372 g/mol. The number of nitrogen functional groups attached to an aromatic ring is 1. The zero-order valence-corrected chi connectivity index (χ0v) is 14.2.